The van der Waals surface area contributed by atoms with Crippen LogP contribution in [0.3, 0.4) is 0 Å². The lowest BCUT2D eigenvalue weighted by atomic mass is 10.2. The zero-order valence-corrected chi connectivity index (χ0v) is 20.9. The van der Waals surface area contributed by atoms with E-state index in [4.69, 9.17) is 0 Å². The maximum Gasteiger partial charge on any atom is 0.243 e. The molecule has 3 aromatic rings. The summed E-state index contributed by atoms with van der Waals surface area (Å²) in [7, 11) is -7.91. The minimum absolute atomic E-state index is 0.0736. The number of nitrogens with zero attached hydrogens (tertiary/aromatic N) is 2. The molecule has 0 saturated carbocycles. The minimum atomic E-state index is -4.25. The second-order valence-corrected chi connectivity index (χ2v) is 11.3. The summed E-state index contributed by atoms with van der Waals surface area (Å²) in [5.41, 5.74) is 0.919. The van der Waals surface area contributed by atoms with Crippen LogP contribution in [-0.2, 0) is 20.0 Å². The molecule has 1 aliphatic heterocycles. The first kappa shape index (κ1) is 26.4. The number of anilines is 3. The third kappa shape index (κ3) is 6.77. The summed E-state index contributed by atoms with van der Waals surface area (Å²) in [6.45, 7) is 0.466. The fourth-order valence-corrected chi connectivity index (χ4v) is 5.53. The van der Waals surface area contributed by atoms with Crippen LogP contribution in [-0.4, -0.2) is 46.4 Å². The zero-order valence-electron chi connectivity index (χ0n) is 19.3. The van der Waals surface area contributed by atoms with E-state index in [-0.39, 0.29) is 30.4 Å². The molecule has 0 spiro atoms. The molecule has 0 fully saturated rings. The molecule has 14 heteroatoms. The Morgan fingerprint density at radius 2 is 1.95 bits per heavy atom. The smallest absolute Gasteiger partial charge is 0.243 e. The monoisotopic (exact) mass is 548 g/mol. The number of aromatic nitrogens is 2. The van der Waals surface area contributed by atoms with Crippen molar-refractivity contribution in [1.82, 2.24) is 19.4 Å². The van der Waals surface area contributed by atoms with Crippen molar-refractivity contribution >= 4 is 37.5 Å². The second kappa shape index (κ2) is 11.2. The Hall–Kier alpha value is -3.64. The summed E-state index contributed by atoms with van der Waals surface area (Å²) in [6.07, 6.45) is 2.02. The Kier molecular flexibility index (Phi) is 7.98. The lowest BCUT2D eigenvalue weighted by Gasteiger charge is -2.10. The van der Waals surface area contributed by atoms with Gasteiger partial charge in [-0.3, -0.25) is 0 Å². The van der Waals surface area contributed by atoms with Crippen molar-refractivity contribution in [2.75, 3.05) is 30.3 Å². The van der Waals surface area contributed by atoms with Gasteiger partial charge < -0.3 is 10.6 Å². The van der Waals surface area contributed by atoms with Crippen LogP contribution in [0.25, 0.3) is 0 Å². The van der Waals surface area contributed by atoms with E-state index in [1.165, 1.54) is 18.3 Å². The number of sulfonamides is 2. The summed E-state index contributed by atoms with van der Waals surface area (Å²) >= 11 is 0. The van der Waals surface area contributed by atoms with E-state index in [0.29, 0.717) is 36.1 Å². The Balaban J connectivity index is 1.47. The number of rotatable bonds is 4. The highest BCUT2D eigenvalue weighted by Gasteiger charge is 2.19. The van der Waals surface area contributed by atoms with Gasteiger partial charge in [-0.1, -0.05) is 17.9 Å². The second-order valence-electron chi connectivity index (χ2n) is 7.81. The first-order valence-corrected chi connectivity index (χ1v) is 14.0. The van der Waals surface area contributed by atoms with Crippen molar-refractivity contribution in [1.29, 1.82) is 0 Å². The molecule has 2 heterocycles. The third-order valence-electron chi connectivity index (χ3n) is 5.08. The van der Waals surface area contributed by atoms with Crippen LogP contribution in [0.5, 0.6) is 0 Å². The molecule has 0 atom stereocenters. The number of hydrogen-bond acceptors (Lipinski definition) is 8. The van der Waals surface area contributed by atoms with Gasteiger partial charge in [0.25, 0.3) is 0 Å². The number of nitrogens with one attached hydrogen (secondary N) is 4. The quantitative estimate of drug-likeness (QED) is 0.288. The highest BCUT2D eigenvalue weighted by Crippen LogP contribution is 2.21. The fraction of sp³-hybridized carbons (Fsp3) is 0.217. The minimum Gasteiger partial charge on any atom is -0.369 e. The molecule has 2 aromatic carbocycles. The Morgan fingerprint density at radius 3 is 2.78 bits per heavy atom. The Bertz CT molecular complexity index is 1590. The number of halogens is 2. The molecular formula is C23H22F2N6O4S2. The van der Waals surface area contributed by atoms with Gasteiger partial charge >= 0.3 is 0 Å². The van der Waals surface area contributed by atoms with Crippen molar-refractivity contribution in [3.63, 3.8) is 0 Å². The van der Waals surface area contributed by atoms with Crippen LogP contribution < -0.4 is 20.1 Å². The first-order valence-electron chi connectivity index (χ1n) is 11.1. The van der Waals surface area contributed by atoms with E-state index in [1.54, 1.807) is 12.1 Å². The number of fused-ring (bicyclic) bond motifs is 4. The average molecular weight is 549 g/mol. The van der Waals surface area contributed by atoms with Gasteiger partial charge in [-0.2, -0.15) is 4.98 Å². The predicted molar refractivity (Wildman–Crippen MR) is 133 cm³/mol. The number of hydrogen-bond donors (Lipinski definition) is 4. The molecule has 10 nitrogen and oxygen atoms in total. The topological polar surface area (TPSA) is 142 Å². The molecule has 4 N–H and O–H groups in total. The maximum absolute atomic E-state index is 13.8. The van der Waals surface area contributed by atoms with E-state index < -0.39 is 36.6 Å². The lowest BCUT2D eigenvalue weighted by molar-refractivity contribution is 0.546. The summed E-state index contributed by atoms with van der Waals surface area (Å²) < 4.78 is 81.3. The van der Waals surface area contributed by atoms with E-state index >= 15 is 0 Å². The van der Waals surface area contributed by atoms with Crippen LogP contribution >= 0.6 is 0 Å². The van der Waals surface area contributed by atoms with Gasteiger partial charge in [0.05, 0.1) is 16.7 Å². The molecule has 0 radical (unpaired) electrons. The molecule has 0 unspecified atom stereocenters. The molecule has 4 bridgehead atoms. The van der Waals surface area contributed by atoms with E-state index in [9.17, 15) is 25.6 Å². The summed E-state index contributed by atoms with van der Waals surface area (Å²) in [5.74, 6) is 4.38. The number of benzene rings is 2. The first-order chi connectivity index (χ1) is 17.6. The van der Waals surface area contributed by atoms with Crippen LogP contribution in [0, 0.1) is 23.5 Å². The Labute approximate surface area is 213 Å². The van der Waals surface area contributed by atoms with Crippen LogP contribution in [0.15, 0.2) is 58.5 Å². The van der Waals surface area contributed by atoms with Gasteiger partial charge in [0, 0.05) is 31.7 Å². The van der Waals surface area contributed by atoms with Gasteiger partial charge in [0.15, 0.2) is 0 Å². The van der Waals surface area contributed by atoms with Gasteiger partial charge in [0.2, 0.25) is 26.0 Å². The standard InChI is InChI=1S/C23H22F2N6O4S2/c24-17-8-9-20(25)21(13-17)37(34,35)29-11-2-1-5-16-15-27-23-30-18-6-3-7-19(14-18)36(32,33)28-12-4-10-26-22(16)31-23/h3,6-9,13-15,28-29H,2,4,10-12H2,(H2,26,27,30,31). The molecular weight excluding hydrogens is 526 g/mol. The molecule has 194 valence electrons. The highest BCUT2D eigenvalue weighted by molar-refractivity contribution is 7.89. The van der Waals surface area contributed by atoms with Crippen LogP contribution in [0.4, 0.5) is 26.2 Å². The molecule has 1 aromatic heterocycles. The van der Waals surface area contributed by atoms with Crippen molar-refractivity contribution in [3.8, 4) is 11.8 Å². The zero-order chi connectivity index (χ0) is 26.5. The van der Waals surface area contributed by atoms with Crippen molar-refractivity contribution in [3.05, 3.63) is 65.9 Å². The summed E-state index contributed by atoms with van der Waals surface area (Å²) in [6, 6.07) is 8.43. The molecule has 1 aliphatic rings. The van der Waals surface area contributed by atoms with Crippen molar-refractivity contribution in [2.45, 2.75) is 22.6 Å². The largest absolute Gasteiger partial charge is 0.369 e. The predicted octanol–water partition coefficient (Wildman–Crippen LogP) is 2.31. The molecule has 0 saturated heterocycles. The lowest BCUT2D eigenvalue weighted by Crippen LogP contribution is -2.26. The van der Waals surface area contributed by atoms with Gasteiger partial charge in [-0.05, 0) is 42.8 Å². The maximum atomic E-state index is 13.8. The fourth-order valence-electron chi connectivity index (χ4n) is 3.29. The van der Waals surface area contributed by atoms with Crippen LogP contribution in [0.1, 0.15) is 18.4 Å². The molecule has 0 aliphatic carbocycles. The SMILES string of the molecule is O=S1(=O)NCCCNc2nc(ncc2C#CCCNS(=O)(=O)c2cc(F)ccc2F)Nc2cccc1c2. The van der Waals surface area contributed by atoms with Gasteiger partial charge in [0.1, 0.15) is 22.3 Å². The van der Waals surface area contributed by atoms with Crippen molar-refractivity contribution in [2.24, 2.45) is 0 Å². The Morgan fingerprint density at radius 1 is 1.11 bits per heavy atom. The summed E-state index contributed by atoms with van der Waals surface area (Å²) in [4.78, 5) is 7.99. The van der Waals surface area contributed by atoms with Gasteiger partial charge in [-0.15, -0.1) is 0 Å². The highest BCUT2D eigenvalue weighted by atomic mass is 32.2. The molecule has 4 rings (SSSR count). The van der Waals surface area contributed by atoms with E-state index in [0.717, 1.165) is 12.1 Å². The van der Waals surface area contributed by atoms with E-state index in [2.05, 4.69) is 41.9 Å². The van der Waals surface area contributed by atoms with Gasteiger partial charge in [-0.25, -0.2) is 40.0 Å². The summed E-state index contributed by atoms with van der Waals surface area (Å²) in [5, 5.41) is 6.07. The van der Waals surface area contributed by atoms with Crippen molar-refractivity contribution < 1.29 is 25.6 Å². The van der Waals surface area contributed by atoms with Crippen LogP contribution in [0.2, 0.25) is 0 Å². The van der Waals surface area contributed by atoms with E-state index in [1.807, 2.05) is 0 Å². The third-order valence-corrected chi connectivity index (χ3v) is 8.01. The normalized spacial score (nSPS) is 15.0. The molecule has 37 heavy (non-hydrogen) atoms. The average Bonchev–Trinajstić information content (AvgIpc) is 2.86. The molecule has 0 amide bonds.